The molecule has 1 aliphatic rings. The number of hydrogen-bond acceptors (Lipinski definition) is 7. The van der Waals surface area contributed by atoms with E-state index in [4.69, 9.17) is 11.6 Å². The Morgan fingerprint density at radius 3 is 2.61 bits per heavy atom. The predicted octanol–water partition coefficient (Wildman–Crippen LogP) is 4.17. The van der Waals surface area contributed by atoms with Gasteiger partial charge in [-0.1, -0.05) is 23.4 Å². The van der Waals surface area contributed by atoms with Gasteiger partial charge in [-0.25, -0.2) is 4.98 Å². The number of benzene rings is 2. The third-order valence-corrected chi connectivity index (χ3v) is 6.74. The summed E-state index contributed by atoms with van der Waals surface area (Å²) in [5.41, 5.74) is 1.48. The van der Waals surface area contributed by atoms with Crippen molar-refractivity contribution in [2.45, 2.75) is 16.5 Å². The van der Waals surface area contributed by atoms with E-state index in [1.165, 1.54) is 40.6 Å². The van der Waals surface area contributed by atoms with Crippen LogP contribution in [0, 0.1) is 10.1 Å². The lowest BCUT2D eigenvalue weighted by Crippen LogP contribution is -2.24. The van der Waals surface area contributed by atoms with Gasteiger partial charge in [0.15, 0.2) is 5.16 Å². The number of fused-ring (bicyclic) bond motifs is 1. The molecule has 0 radical (unpaired) electrons. The minimum Gasteiger partial charge on any atom is -0.325 e. The summed E-state index contributed by atoms with van der Waals surface area (Å²) in [4.78, 5) is 41.1. The number of anilines is 1. The lowest BCUT2D eigenvalue weighted by Gasteiger charge is -2.13. The average molecular weight is 475 g/mol. The van der Waals surface area contributed by atoms with E-state index in [0.29, 0.717) is 38.6 Å². The number of aromatic nitrogens is 2. The highest BCUT2D eigenvalue weighted by atomic mass is 35.5. The zero-order valence-corrected chi connectivity index (χ0v) is 18.3. The van der Waals surface area contributed by atoms with Gasteiger partial charge in [0.2, 0.25) is 5.91 Å². The molecule has 0 aliphatic carbocycles. The van der Waals surface area contributed by atoms with Crippen molar-refractivity contribution in [1.82, 2.24) is 9.55 Å². The molecule has 0 unspecified atom stereocenters. The summed E-state index contributed by atoms with van der Waals surface area (Å²) in [5.74, 6) is 0.545. The number of nitrogens with zero attached hydrogens (tertiary/aromatic N) is 3. The number of thioether (sulfide) groups is 2. The maximum Gasteiger partial charge on any atom is 0.272 e. The van der Waals surface area contributed by atoms with E-state index in [0.717, 1.165) is 17.5 Å². The van der Waals surface area contributed by atoms with Crippen LogP contribution >= 0.6 is 35.1 Å². The lowest BCUT2D eigenvalue weighted by molar-refractivity contribution is -0.384. The molecule has 1 aromatic heterocycles. The van der Waals surface area contributed by atoms with E-state index in [1.54, 1.807) is 24.3 Å². The van der Waals surface area contributed by atoms with Crippen LogP contribution in [-0.4, -0.2) is 31.9 Å². The number of nitrogens with one attached hydrogen (secondary N) is 1. The fourth-order valence-corrected chi connectivity index (χ4v) is 4.98. The highest BCUT2D eigenvalue weighted by Crippen LogP contribution is 2.30. The van der Waals surface area contributed by atoms with E-state index in [2.05, 4.69) is 10.3 Å². The second-order valence-electron chi connectivity index (χ2n) is 6.53. The summed E-state index contributed by atoms with van der Waals surface area (Å²) in [6, 6.07) is 12.4. The van der Waals surface area contributed by atoms with Crippen molar-refractivity contribution in [1.29, 1.82) is 0 Å². The number of rotatable bonds is 6. The standard InChI is InChI=1S/C20H15ClN4O4S2/c21-12-1-3-13(4-2-12)22-17(26)11-31-20-23-16-9-10-30-18(16)19(27)24(20)14-5-7-15(8-6-14)25(28)29/h1-8H,9-11H2,(H,22,26). The molecular formula is C20H15ClN4O4S2. The minimum absolute atomic E-state index is 0.0357. The molecule has 0 atom stereocenters. The molecule has 2 aromatic carbocycles. The Kier molecular flexibility index (Phi) is 6.30. The molecule has 11 heteroatoms. The fourth-order valence-electron chi connectivity index (χ4n) is 3.00. The maximum absolute atomic E-state index is 13.1. The SMILES string of the molecule is O=C(CSc1nc2c(c(=O)n1-c1ccc([N+](=O)[O-])cc1)SCC2)Nc1ccc(Cl)cc1. The number of amides is 1. The molecule has 1 amide bonds. The molecule has 8 nitrogen and oxygen atoms in total. The molecule has 4 rings (SSSR count). The van der Waals surface area contributed by atoms with Crippen LogP contribution in [-0.2, 0) is 11.2 Å². The Bertz CT molecular complexity index is 1210. The van der Waals surface area contributed by atoms with Crippen LogP contribution in [0.25, 0.3) is 5.69 Å². The first-order valence-corrected chi connectivity index (χ1v) is 11.5. The molecule has 3 aromatic rings. The van der Waals surface area contributed by atoms with Gasteiger partial charge in [0, 0.05) is 35.0 Å². The van der Waals surface area contributed by atoms with Gasteiger partial charge in [0.05, 0.1) is 27.0 Å². The van der Waals surface area contributed by atoms with Gasteiger partial charge >= 0.3 is 0 Å². The first-order valence-electron chi connectivity index (χ1n) is 9.14. The first kappa shape index (κ1) is 21.4. The van der Waals surface area contributed by atoms with E-state index < -0.39 is 4.92 Å². The quantitative estimate of drug-likeness (QED) is 0.247. The maximum atomic E-state index is 13.1. The van der Waals surface area contributed by atoms with Gasteiger partial charge in [-0.05, 0) is 36.4 Å². The minimum atomic E-state index is -0.500. The smallest absolute Gasteiger partial charge is 0.272 e. The Labute approximate surface area is 190 Å². The van der Waals surface area contributed by atoms with Crippen LogP contribution in [0.1, 0.15) is 5.69 Å². The topological polar surface area (TPSA) is 107 Å². The number of non-ortho nitro benzene ring substituents is 1. The zero-order chi connectivity index (χ0) is 22.0. The summed E-state index contributed by atoms with van der Waals surface area (Å²) in [6.07, 6.45) is 0.681. The van der Waals surface area contributed by atoms with Gasteiger partial charge in [-0.15, -0.1) is 11.8 Å². The van der Waals surface area contributed by atoms with Gasteiger partial charge in [0.1, 0.15) is 0 Å². The molecule has 0 fully saturated rings. The molecule has 31 heavy (non-hydrogen) atoms. The van der Waals surface area contributed by atoms with Crippen LogP contribution in [0.3, 0.4) is 0 Å². The van der Waals surface area contributed by atoms with Crippen molar-refractivity contribution in [3.63, 3.8) is 0 Å². The number of hydrogen-bond donors (Lipinski definition) is 1. The van der Waals surface area contributed by atoms with Crippen molar-refractivity contribution in [2.75, 3.05) is 16.8 Å². The van der Waals surface area contributed by atoms with Crippen molar-refractivity contribution in [2.24, 2.45) is 0 Å². The third kappa shape index (κ3) is 4.76. The molecule has 158 valence electrons. The second kappa shape index (κ2) is 9.13. The van der Waals surface area contributed by atoms with Crippen molar-refractivity contribution < 1.29 is 9.72 Å². The fraction of sp³-hybridized carbons (Fsp3) is 0.150. The van der Waals surface area contributed by atoms with E-state index >= 15 is 0 Å². The van der Waals surface area contributed by atoms with Crippen molar-refractivity contribution in [3.8, 4) is 5.69 Å². The summed E-state index contributed by atoms with van der Waals surface area (Å²) in [5, 5.41) is 14.7. The van der Waals surface area contributed by atoms with E-state index in [9.17, 15) is 19.7 Å². The normalized spacial score (nSPS) is 12.4. The monoisotopic (exact) mass is 474 g/mol. The Hall–Kier alpha value is -2.82. The average Bonchev–Trinajstić information content (AvgIpc) is 3.23. The number of carbonyl (C=O) groups is 1. The van der Waals surface area contributed by atoms with Crippen LogP contribution in [0.2, 0.25) is 5.02 Å². The Morgan fingerprint density at radius 2 is 1.94 bits per heavy atom. The van der Waals surface area contributed by atoms with Gasteiger partial charge < -0.3 is 5.32 Å². The number of aryl methyl sites for hydroxylation is 1. The van der Waals surface area contributed by atoms with Gasteiger partial charge in [0.25, 0.3) is 11.2 Å². The summed E-state index contributed by atoms with van der Waals surface area (Å²) in [6.45, 7) is 0. The second-order valence-corrected chi connectivity index (χ2v) is 9.01. The zero-order valence-electron chi connectivity index (χ0n) is 15.9. The molecule has 0 saturated carbocycles. The van der Waals surface area contributed by atoms with Crippen LogP contribution < -0.4 is 10.9 Å². The molecule has 1 N–H and O–H groups in total. The van der Waals surface area contributed by atoms with Gasteiger partial charge in [-0.2, -0.15) is 0 Å². The molecule has 0 spiro atoms. The summed E-state index contributed by atoms with van der Waals surface area (Å²) >= 11 is 8.43. The summed E-state index contributed by atoms with van der Waals surface area (Å²) < 4.78 is 1.40. The van der Waals surface area contributed by atoms with Gasteiger partial charge in [-0.3, -0.25) is 24.3 Å². The molecule has 0 saturated heterocycles. The highest BCUT2D eigenvalue weighted by Gasteiger charge is 2.23. The van der Waals surface area contributed by atoms with Crippen LogP contribution in [0.15, 0.2) is 63.4 Å². The highest BCUT2D eigenvalue weighted by molar-refractivity contribution is 8.00. The largest absolute Gasteiger partial charge is 0.325 e. The molecule has 0 bridgehead atoms. The third-order valence-electron chi connectivity index (χ3n) is 4.45. The van der Waals surface area contributed by atoms with E-state index in [-0.39, 0.29) is 22.9 Å². The molecule has 1 aliphatic heterocycles. The number of nitro benzene ring substituents is 1. The first-order chi connectivity index (χ1) is 14.9. The van der Waals surface area contributed by atoms with Crippen molar-refractivity contribution in [3.05, 3.63) is 79.7 Å². The molecular weight excluding hydrogens is 460 g/mol. The van der Waals surface area contributed by atoms with Crippen molar-refractivity contribution >= 4 is 52.4 Å². The van der Waals surface area contributed by atoms with E-state index in [1.807, 2.05) is 0 Å². The Balaban J connectivity index is 1.61. The van der Waals surface area contributed by atoms with Crippen LogP contribution in [0.5, 0.6) is 0 Å². The molecule has 2 heterocycles. The van der Waals surface area contributed by atoms with Crippen LogP contribution in [0.4, 0.5) is 11.4 Å². The number of halogens is 1. The number of nitro groups is 1. The Morgan fingerprint density at radius 1 is 1.23 bits per heavy atom. The number of carbonyl (C=O) groups excluding carboxylic acids is 1. The lowest BCUT2D eigenvalue weighted by atomic mass is 10.2. The summed E-state index contributed by atoms with van der Waals surface area (Å²) in [7, 11) is 0. The predicted molar refractivity (Wildman–Crippen MR) is 122 cm³/mol.